The second-order valence-corrected chi connectivity index (χ2v) is 3.91. The van der Waals surface area contributed by atoms with Crippen molar-refractivity contribution in [2.75, 3.05) is 14.2 Å². The molecule has 0 radical (unpaired) electrons. The molecule has 2 rings (SSSR count). The largest absolute Gasteiger partial charge is 0.468 e. The van der Waals surface area contributed by atoms with E-state index in [1.165, 1.54) is 14.2 Å². The molecular formula is C12H12O5. The van der Waals surface area contributed by atoms with Gasteiger partial charge in [0.2, 0.25) is 0 Å². The van der Waals surface area contributed by atoms with E-state index in [0.717, 1.165) is 0 Å². The first-order valence-electron chi connectivity index (χ1n) is 5.21. The summed E-state index contributed by atoms with van der Waals surface area (Å²) >= 11 is 0. The van der Waals surface area contributed by atoms with Gasteiger partial charge in [0.25, 0.3) is 0 Å². The predicted octanol–water partition coefficient (Wildman–Crippen LogP) is 0.404. The Kier molecular flexibility index (Phi) is 2.83. The zero-order chi connectivity index (χ0) is 12.6. The summed E-state index contributed by atoms with van der Waals surface area (Å²) in [5, 5.41) is 0. The third kappa shape index (κ3) is 1.58. The Morgan fingerprint density at radius 2 is 2.00 bits per heavy atom. The molecule has 0 heterocycles. The van der Waals surface area contributed by atoms with Crippen LogP contribution in [0.5, 0.6) is 0 Å². The first-order chi connectivity index (χ1) is 8.11. The lowest BCUT2D eigenvalue weighted by atomic mass is 9.93. The maximum absolute atomic E-state index is 12.0. The second kappa shape index (κ2) is 4.16. The predicted molar refractivity (Wildman–Crippen MR) is 56.8 cm³/mol. The average Bonchev–Trinajstić information content (AvgIpc) is 2.86. The molecular weight excluding hydrogens is 224 g/mol. The van der Waals surface area contributed by atoms with E-state index in [2.05, 4.69) is 9.47 Å². The van der Waals surface area contributed by atoms with Crippen LogP contribution < -0.4 is 0 Å². The van der Waals surface area contributed by atoms with Crippen molar-refractivity contribution in [3.8, 4) is 0 Å². The number of ether oxygens (including phenoxy) is 2. The highest BCUT2D eigenvalue weighted by molar-refractivity contribution is 6.25. The molecule has 17 heavy (non-hydrogen) atoms. The number of carbonyl (C=O) groups excluding carboxylic acids is 3. The van der Waals surface area contributed by atoms with Crippen molar-refractivity contribution in [1.82, 2.24) is 0 Å². The number of esters is 2. The lowest BCUT2D eigenvalue weighted by molar-refractivity contribution is -0.149. The molecule has 0 saturated carbocycles. The highest BCUT2D eigenvalue weighted by Crippen LogP contribution is 2.42. The minimum absolute atomic E-state index is 0.0119. The van der Waals surface area contributed by atoms with Crippen LogP contribution in [0, 0.1) is 11.8 Å². The molecule has 0 aromatic rings. The molecule has 0 aromatic heterocycles. The highest BCUT2D eigenvalue weighted by atomic mass is 16.5. The van der Waals surface area contributed by atoms with E-state index in [-0.39, 0.29) is 11.5 Å². The van der Waals surface area contributed by atoms with Gasteiger partial charge in [-0.3, -0.25) is 9.59 Å². The molecule has 0 fully saturated rings. The maximum atomic E-state index is 12.0. The lowest BCUT2D eigenvalue weighted by Crippen LogP contribution is -2.28. The van der Waals surface area contributed by atoms with E-state index >= 15 is 0 Å². The Balaban J connectivity index is 2.41. The molecule has 0 aromatic carbocycles. The van der Waals surface area contributed by atoms with Crippen LogP contribution in [0.4, 0.5) is 0 Å². The minimum atomic E-state index is -0.928. The minimum Gasteiger partial charge on any atom is -0.468 e. The third-order valence-electron chi connectivity index (χ3n) is 3.14. The lowest BCUT2D eigenvalue weighted by Gasteiger charge is -2.11. The van der Waals surface area contributed by atoms with Gasteiger partial charge < -0.3 is 9.47 Å². The highest BCUT2D eigenvalue weighted by Gasteiger charge is 2.49. The summed E-state index contributed by atoms with van der Waals surface area (Å²) in [6, 6.07) is 0. The van der Waals surface area contributed by atoms with Gasteiger partial charge in [0.05, 0.1) is 14.2 Å². The van der Waals surface area contributed by atoms with Crippen molar-refractivity contribution < 1.29 is 23.9 Å². The van der Waals surface area contributed by atoms with E-state index in [9.17, 15) is 14.4 Å². The quantitative estimate of drug-likeness (QED) is 0.300. The molecule has 0 bridgehead atoms. The fourth-order valence-corrected chi connectivity index (χ4v) is 2.37. The number of fused-ring (bicyclic) bond motifs is 1. The number of allylic oxidation sites excluding steroid dienone is 3. The van der Waals surface area contributed by atoms with Crippen molar-refractivity contribution in [2.24, 2.45) is 11.8 Å². The van der Waals surface area contributed by atoms with Gasteiger partial charge in [-0.2, -0.15) is 0 Å². The molecule has 90 valence electrons. The van der Waals surface area contributed by atoms with Gasteiger partial charge in [-0.15, -0.1) is 0 Å². The van der Waals surface area contributed by atoms with Crippen LogP contribution in [0.25, 0.3) is 0 Å². The van der Waals surface area contributed by atoms with Crippen LogP contribution in [0.2, 0.25) is 0 Å². The number of methoxy groups -OCH3 is 2. The summed E-state index contributed by atoms with van der Waals surface area (Å²) in [7, 11) is 2.44. The summed E-state index contributed by atoms with van der Waals surface area (Å²) < 4.78 is 9.18. The molecule has 2 aliphatic carbocycles. The number of Topliss-reactive ketones (excluding diaryl/α,β-unsaturated/α-hetero) is 1. The van der Waals surface area contributed by atoms with Crippen molar-refractivity contribution in [2.45, 2.75) is 6.42 Å². The Morgan fingerprint density at radius 1 is 1.29 bits per heavy atom. The van der Waals surface area contributed by atoms with E-state index in [1.54, 1.807) is 6.08 Å². The zero-order valence-electron chi connectivity index (χ0n) is 9.56. The van der Waals surface area contributed by atoms with Crippen LogP contribution in [0.15, 0.2) is 23.3 Å². The number of rotatable bonds is 2. The Bertz CT molecular complexity index is 458. The SMILES string of the molecule is COC(=O)C1=C2CC=C[C@@H]2[C@@H](C(=O)OC)C1=O. The Hall–Kier alpha value is -1.91. The van der Waals surface area contributed by atoms with Crippen molar-refractivity contribution in [3.05, 3.63) is 23.3 Å². The van der Waals surface area contributed by atoms with Gasteiger partial charge in [0, 0.05) is 5.92 Å². The molecule has 2 aliphatic rings. The number of carbonyl (C=O) groups is 3. The zero-order valence-corrected chi connectivity index (χ0v) is 9.56. The number of hydrogen-bond acceptors (Lipinski definition) is 5. The van der Waals surface area contributed by atoms with Gasteiger partial charge in [-0.25, -0.2) is 4.79 Å². The van der Waals surface area contributed by atoms with Gasteiger partial charge in [0.1, 0.15) is 11.5 Å². The molecule has 0 spiro atoms. The van der Waals surface area contributed by atoms with Crippen molar-refractivity contribution in [1.29, 1.82) is 0 Å². The Labute approximate surface area is 98.1 Å². The monoisotopic (exact) mass is 236 g/mol. The van der Waals surface area contributed by atoms with Crippen LogP contribution in [0.1, 0.15) is 6.42 Å². The topological polar surface area (TPSA) is 69.7 Å². The number of ketones is 1. The van der Waals surface area contributed by atoms with Gasteiger partial charge in [-0.1, -0.05) is 12.2 Å². The van der Waals surface area contributed by atoms with Crippen molar-refractivity contribution in [3.63, 3.8) is 0 Å². The fraction of sp³-hybridized carbons (Fsp3) is 0.417. The van der Waals surface area contributed by atoms with Crippen molar-refractivity contribution >= 4 is 17.7 Å². The van der Waals surface area contributed by atoms with E-state index in [4.69, 9.17) is 0 Å². The first-order valence-corrected chi connectivity index (χ1v) is 5.21. The molecule has 0 aliphatic heterocycles. The molecule has 0 N–H and O–H groups in total. The molecule has 2 atom stereocenters. The molecule has 5 nitrogen and oxygen atoms in total. The number of hydrogen-bond donors (Lipinski definition) is 0. The Morgan fingerprint density at radius 3 is 2.59 bits per heavy atom. The standard InChI is InChI=1S/C12H12O5/c1-16-11(14)8-6-4-3-5-7(6)9(10(8)13)12(15)17-2/h3-4,6,8H,5H2,1-2H3/t6-,8+/m0/s1. The maximum Gasteiger partial charge on any atom is 0.341 e. The van der Waals surface area contributed by atoms with E-state index < -0.39 is 23.6 Å². The van der Waals surface area contributed by atoms with Crippen LogP contribution in [0.3, 0.4) is 0 Å². The molecule has 5 heteroatoms. The normalized spacial score (nSPS) is 26.1. The van der Waals surface area contributed by atoms with Gasteiger partial charge in [-0.05, 0) is 12.0 Å². The van der Waals surface area contributed by atoms with Crippen LogP contribution >= 0.6 is 0 Å². The second-order valence-electron chi connectivity index (χ2n) is 3.91. The summed E-state index contributed by atoms with van der Waals surface area (Å²) in [6.07, 6.45) is 4.12. The van der Waals surface area contributed by atoms with Crippen LogP contribution in [-0.4, -0.2) is 31.9 Å². The summed E-state index contributed by atoms with van der Waals surface area (Å²) in [4.78, 5) is 35.1. The summed E-state index contributed by atoms with van der Waals surface area (Å²) in [6.45, 7) is 0. The van der Waals surface area contributed by atoms with E-state index in [1.807, 2.05) is 6.08 Å². The molecule has 0 amide bonds. The fourth-order valence-electron chi connectivity index (χ4n) is 2.37. The summed E-state index contributed by atoms with van der Waals surface area (Å²) in [5.41, 5.74) is 0.676. The smallest absolute Gasteiger partial charge is 0.341 e. The van der Waals surface area contributed by atoms with Crippen LogP contribution in [-0.2, 0) is 23.9 Å². The molecule has 0 unspecified atom stereocenters. The van der Waals surface area contributed by atoms with Gasteiger partial charge in [0.15, 0.2) is 5.78 Å². The van der Waals surface area contributed by atoms with E-state index in [0.29, 0.717) is 12.0 Å². The average molecular weight is 236 g/mol. The first kappa shape index (κ1) is 11.6. The summed E-state index contributed by atoms with van der Waals surface area (Å²) in [5.74, 6) is -3.05. The van der Waals surface area contributed by atoms with Gasteiger partial charge >= 0.3 is 11.9 Å². The third-order valence-corrected chi connectivity index (χ3v) is 3.14. The molecule has 0 saturated heterocycles.